The Bertz CT molecular complexity index is 451. The van der Waals surface area contributed by atoms with Crippen LogP contribution in [0.5, 0.6) is 0 Å². The lowest BCUT2D eigenvalue weighted by Gasteiger charge is -2.12. The maximum absolute atomic E-state index is 11.2. The highest BCUT2D eigenvalue weighted by Gasteiger charge is 2.07. The fourth-order valence-electron chi connectivity index (χ4n) is 1.20. The van der Waals surface area contributed by atoms with Gasteiger partial charge in [0.1, 0.15) is 4.99 Å². The molecule has 0 aliphatic rings. The summed E-state index contributed by atoms with van der Waals surface area (Å²) >= 11 is 10.9. The average molecular weight is 291 g/mol. The Morgan fingerprint density at radius 1 is 1.65 bits per heavy atom. The Balaban J connectivity index is 2.71. The first-order valence-corrected chi connectivity index (χ1v) is 7.48. The van der Waals surface area contributed by atoms with Crippen LogP contribution >= 0.6 is 23.8 Å². The number of hydrogen-bond acceptors (Lipinski definition) is 3. The maximum atomic E-state index is 11.2. The van der Waals surface area contributed by atoms with E-state index < -0.39 is 10.8 Å². The summed E-state index contributed by atoms with van der Waals surface area (Å²) in [7, 11) is -0.837. The molecule has 94 valence electrons. The SMILES string of the molecule is CC(CNc1ccc(C(N)=S)c(Cl)c1)S(C)=O. The van der Waals surface area contributed by atoms with Crippen LogP contribution < -0.4 is 11.1 Å². The topological polar surface area (TPSA) is 55.1 Å². The Kier molecular flexibility index (Phi) is 5.36. The molecule has 0 bridgehead atoms. The van der Waals surface area contributed by atoms with E-state index in [0.29, 0.717) is 17.1 Å². The Labute approximate surface area is 114 Å². The number of thiocarbonyl (C=S) groups is 1. The second-order valence-corrected chi connectivity index (χ2v) is 6.40. The van der Waals surface area contributed by atoms with Crippen molar-refractivity contribution in [3.63, 3.8) is 0 Å². The van der Waals surface area contributed by atoms with Gasteiger partial charge in [0.2, 0.25) is 0 Å². The van der Waals surface area contributed by atoms with E-state index >= 15 is 0 Å². The van der Waals surface area contributed by atoms with E-state index in [1.165, 1.54) is 0 Å². The molecule has 0 saturated carbocycles. The van der Waals surface area contributed by atoms with Crippen molar-refractivity contribution in [3.8, 4) is 0 Å². The summed E-state index contributed by atoms with van der Waals surface area (Å²) in [6.07, 6.45) is 1.69. The summed E-state index contributed by atoms with van der Waals surface area (Å²) in [5.41, 5.74) is 7.05. The summed E-state index contributed by atoms with van der Waals surface area (Å²) in [5, 5.41) is 3.78. The minimum Gasteiger partial charge on any atom is -0.389 e. The highest BCUT2D eigenvalue weighted by molar-refractivity contribution is 7.84. The molecule has 2 unspecified atom stereocenters. The zero-order chi connectivity index (χ0) is 13.0. The van der Waals surface area contributed by atoms with Crippen molar-refractivity contribution in [1.82, 2.24) is 0 Å². The van der Waals surface area contributed by atoms with Crippen molar-refractivity contribution >= 4 is 45.3 Å². The van der Waals surface area contributed by atoms with Crippen molar-refractivity contribution in [2.24, 2.45) is 5.73 Å². The van der Waals surface area contributed by atoms with Gasteiger partial charge >= 0.3 is 0 Å². The summed E-state index contributed by atoms with van der Waals surface area (Å²) in [6, 6.07) is 5.40. The molecular formula is C11H15ClN2OS2. The van der Waals surface area contributed by atoms with E-state index in [0.717, 1.165) is 5.69 Å². The highest BCUT2D eigenvalue weighted by atomic mass is 35.5. The number of halogens is 1. The number of nitrogens with one attached hydrogen (secondary N) is 1. The molecule has 0 saturated heterocycles. The molecule has 0 aliphatic carbocycles. The maximum Gasteiger partial charge on any atom is 0.105 e. The molecule has 0 spiro atoms. The predicted octanol–water partition coefficient (Wildman–Crippen LogP) is 2.15. The average Bonchev–Trinajstić information content (AvgIpc) is 2.25. The molecule has 2 atom stereocenters. The van der Waals surface area contributed by atoms with Crippen LogP contribution in [0.25, 0.3) is 0 Å². The minimum atomic E-state index is -0.837. The van der Waals surface area contributed by atoms with E-state index in [-0.39, 0.29) is 10.2 Å². The lowest BCUT2D eigenvalue weighted by atomic mass is 10.2. The van der Waals surface area contributed by atoms with Crippen molar-refractivity contribution in [3.05, 3.63) is 28.8 Å². The monoisotopic (exact) mass is 290 g/mol. The van der Waals surface area contributed by atoms with E-state index in [1.807, 2.05) is 13.0 Å². The summed E-state index contributed by atoms with van der Waals surface area (Å²) < 4.78 is 11.2. The fourth-order valence-corrected chi connectivity index (χ4v) is 2.04. The first kappa shape index (κ1) is 14.4. The molecule has 6 heteroatoms. The zero-order valence-electron chi connectivity index (χ0n) is 9.70. The number of rotatable bonds is 5. The largest absolute Gasteiger partial charge is 0.389 e. The van der Waals surface area contributed by atoms with Crippen LogP contribution in [0.15, 0.2) is 18.2 Å². The summed E-state index contributed by atoms with van der Waals surface area (Å²) in [4.78, 5) is 0.282. The molecule has 3 nitrogen and oxygen atoms in total. The standard InChI is InChI=1S/C11H15ClN2OS2/c1-7(17(2)15)6-14-8-3-4-9(11(13)16)10(12)5-8/h3-5,7,14H,6H2,1-2H3,(H2,13,16). The van der Waals surface area contributed by atoms with E-state index in [4.69, 9.17) is 29.6 Å². The third-order valence-corrected chi connectivity index (χ3v) is 4.23. The Morgan fingerprint density at radius 3 is 2.76 bits per heavy atom. The van der Waals surface area contributed by atoms with Gasteiger partial charge in [0.05, 0.1) is 5.02 Å². The van der Waals surface area contributed by atoms with Gasteiger partial charge in [-0.2, -0.15) is 0 Å². The van der Waals surface area contributed by atoms with Crippen molar-refractivity contribution in [2.75, 3.05) is 18.1 Å². The predicted molar refractivity (Wildman–Crippen MR) is 79.4 cm³/mol. The van der Waals surface area contributed by atoms with Gasteiger partial charge in [-0.25, -0.2) is 0 Å². The van der Waals surface area contributed by atoms with E-state index in [9.17, 15) is 4.21 Å². The number of hydrogen-bond donors (Lipinski definition) is 2. The van der Waals surface area contributed by atoms with Crippen molar-refractivity contribution in [2.45, 2.75) is 12.2 Å². The third-order valence-electron chi connectivity index (χ3n) is 2.39. The number of benzene rings is 1. The number of nitrogens with two attached hydrogens (primary N) is 1. The van der Waals surface area contributed by atoms with Crippen molar-refractivity contribution < 1.29 is 4.21 Å². The zero-order valence-corrected chi connectivity index (χ0v) is 12.1. The molecule has 3 N–H and O–H groups in total. The van der Waals surface area contributed by atoms with Crippen molar-refractivity contribution in [1.29, 1.82) is 0 Å². The van der Waals surface area contributed by atoms with Crippen LogP contribution in [-0.4, -0.2) is 27.2 Å². The second-order valence-electron chi connectivity index (χ2n) is 3.75. The molecule has 0 amide bonds. The van der Waals surface area contributed by atoms with Gasteiger partial charge in [0.25, 0.3) is 0 Å². The number of anilines is 1. The Morgan fingerprint density at radius 2 is 2.29 bits per heavy atom. The van der Waals surface area contributed by atoms with E-state index in [1.54, 1.807) is 18.4 Å². The lowest BCUT2D eigenvalue weighted by molar-refractivity contribution is 0.679. The van der Waals surface area contributed by atoms with Gasteiger partial charge < -0.3 is 11.1 Å². The molecule has 1 rings (SSSR count). The highest BCUT2D eigenvalue weighted by Crippen LogP contribution is 2.21. The van der Waals surface area contributed by atoms with Crippen LogP contribution in [0.4, 0.5) is 5.69 Å². The van der Waals surface area contributed by atoms with Crippen LogP contribution in [0, 0.1) is 0 Å². The second kappa shape index (κ2) is 6.33. The van der Waals surface area contributed by atoms with Gasteiger partial charge in [0.15, 0.2) is 0 Å². The molecule has 0 fully saturated rings. The summed E-state index contributed by atoms with van der Waals surface area (Å²) in [5.74, 6) is 0. The molecule has 1 aromatic rings. The Hall–Kier alpha value is -0.650. The molecule has 0 heterocycles. The van der Waals surface area contributed by atoms with Crippen LogP contribution in [0.2, 0.25) is 5.02 Å². The van der Waals surface area contributed by atoms with Gasteiger partial charge in [-0.3, -0.25) is 4.21 Å². The van der Waals surface area contributed by atoms with Gasteiger partial charge in [0, 0.05) is 40.1 Å². The van der Waals surface area contributed by atoms with Gasteiger partial charge in [-0.1, -0.05) is 23.8 Å². The molecular weight excluding hydrogens is 276 g/mol. The quantitative estimate of drug-likeness (QED) is 0.816. The smallest absolute Gasteiger partial charge is 0.105 e. The van der Waals surface area contributed by atoms with Crippen LogP contribution in [0.1, 0.15) is 12.5 Å². The van der Waals surface area contributed by atoms with Crippen LogP contribution in [0.3, 0.4) is 0 Å². The molecule has 17 heavy (non-hydrogen) atoms. The molecule has 0 aliphatic heterocycles. The first-order chi connectivity index (χ1) is 7.91. The lowest BCUT2D eigenvalue weighted by Crippen LogP contribution is -2.20. The van der Waals surface area contributed by atoms with E-state index in [2.05, 4.69) is 5.32 Å². The van der Waals surface area contributed by atoms with Gasteiger partial charge in [-0.05, 0) is 25.1 Å². The minimum absolute atomic E-state index is 0.0871. The summed E-state index contributed by atoms with van der Waals surface area (Å²) in [6.45, 7) is 2.56. The van der Waals surface area contributed by atoms with Gasteiger partial charge in [-0.15, -0.1) is 0 Å². The van der Waals surface area contributed by atoms with Crippen LogP contribution in [-0.2, 0) is 10.8 Å². The fraction of sp³-hybridized carbons (Fsp3) is 0.364. The molecule has 0 radical (unpaired) electrons. The first-order valence-electron chi connectivity index (χ1n) is 5.07. The molecule has 0 aromatic heterocycles. The third kappa shape index (κ3) is 4.26. The normalized spacial score (nSPS) is 14.1. The molecule has 1 aromatic carbocycles.